The molecule has 0 fully saturated rings. The Morgan fingerprint density at radius 3 is 1.82 bits per heavy atom. The van der Waals surface area contributed by atoms with Crippen molar-refractivity contribution < 1.29 is 0 Å². The molecule has 1 aromatic heterocycles. The fourth-order valence-corrected chi connectivity index (χ4v) is 1.57. The van der Waals surface area contributed by atoms with Crippen molar-refractivity contribution in [3.8, 4) is 5.69 Å². The monoisotopic (exact) mass is 231 g/mol. The summed E-state index contributed by atoms with van der Waals surface area (Å²) in [6.07, 6.45) is 2.09. The molecule has 0 N–H and O–H groups in total. The van der Waals surface area contributed by atoms with Gasteiger partial charge in [0.2, 0.25) is 0 Å². The quantitative estimate of drug-likeness (QED) is 0.640. The summed E-state index contributed by atoms with van der Waals surface area (Å²) in [4.78, 5) is 0. The van der Waals surface area contributed by atoms with Crippen molar-refractivity contribution in [1.29, 1.82) is 0 Å². The molecule has 0 aliphatic carbocycles. The summed E-state index contributed by atoms with van der Waals surface area (Å²) in [5.74, 6) is 0. The summed E-state index contributed by atoms with van der Waals surface area (Å²) in [7, 11) is 0. The number of aromatic nitrogens is 1. The van der Waals surface area contributed by atoms with Gasteiger partial charge in [0.05, 0.1) is 0 Å². The molecule has 2 rings (SSSR count). The lowest BCUT2D eigenvalue weighted by molar-refractivity contribution is 1.00. The molecule has 2 aromatic rings. The number of rotatable bonds is 1. The van der Waals surface area contributed by atoms with E-state index in [4.69, 9.17) is 0 Å². The van der Waals surface area contributed by atoms with Crippen LogP contribution in [-0.4, -0.2) is 4.57 Å². The Kier molecular flexibility index (Phi) is 7.87. The Labute approximate surface area is 106 Å². The van der Waals surface area contributed by atoms with E-state index in [2.05, 4.69) is 61.0 Å². The first kappa shape index (κ1) is 15.5. The van der Waals surface area contributed by atoms with Crippen LogP contribution in [0.2, 0.25) is 0 Å². The van der Waals surface area contributed by atoms with Gasteiger partial charge in [0.1, 0.15) is 0 Å². The van der Waals surface area contributed by atoms with E-state index in [9.17, 15) is 0 Å². The molecule has 1 heterocycles. The molecule has 0 amide bonds. The maximum absolute atomic E-state index is 2.20. The van der Waals surface area contributed by atoms with E-state index in [-0.39, 0.29) is 0 Å². The average Bonchev–Trinajstić information content (AvgIpc) is 2.81. The smallest absolute Gasteiger partial charge is 0.0481 e. The second-order valence-corrected chi connectivity index (χ2v) is 3.31. The van der Waals surface area contributed by atoms with Crippen molar-refractivity contribution in [2.75, 3.05) is 0 Å². The van der Waals surface area contributed by atoms with Crippen LogP contribution in [-0.2, 0) is 0 Å². The summed E-state index contributed by atoms with van der Waals surface area (Å²) < 4.78 is 2.20. The summed E-state index contributed by atoms with van der Waals surface area (Å²) >= 11 is 0. The fourth-order valence-electron chi connectivity index (χ4n) is 1.57. The van der Waals surface area contributed by atoms with Crippen molar-refractivity contribution in [2.45, 2.75) is 41.5 Å². The molecular weight excluding hydrogens is 206 g/mol. The molecule has 1 nitrogen and oxygen atoms in total. The first-order valence-corrected chi connectivity index (χ1v) is 6.49. The zero-order valence-electron chi connectivity index (χ0n) is 12.0. The molecule has 0 bridgehead atoms. The molecular formula is C16H25N. The molecule has 0 spiro atoms. The van der Waals surface area contributed by atoms with Gasteiger partial charge in [-0.15, -0.1) is 0 Å². The highest BCUT2D eigenvalue weighted by Gasteiger charge is 2.00. The number of hydrogen-bond acceptors (Lipinski definition) is 0. The highest BCUT2D eigenvalue weighted by atomic mass is 15.0. The first-order valence-electron chi connectivity index (χ1n) is 6.49. The van der Waals surface area contributed by atoms with Crippen LogP contribution >= 0.6 is 0 Å². The van der Waals surface area contributed by atoms with E-state index < -0.39 is 0 Å². The van der Waals surface area contributed by atoms with Gasteiger partial charge in [-0.25, -0.2) is 0 Å². The molecule has 0 saturated heterocycles. The van der Waals surface area contributed by atoms with Crippen molar-refractivity contribution in [2.24, 2.45) is 0 Å². The topological polar surface area (TPSA) is 4.93 Å². The Bertz CT molecular complexity index is 413. The van der Waals surface area contributed by atoms with Crippen molar-refractivity contribution in [3.63, 3.8) is 0 Å². The molecule has 0 saturated carbocycles. The van der Waals surface area contributed by atoms with Gasteiger partial charge in [-0.2, -0.15) is 0 Å². The summed E-state index contributed by atoms with van der Waals surface area (Å²) in [6.45, 7) is 12.3. The van der Waals surface area contributed by atoms with Crippen LogP contribution in [0, 0.1) is 13.8 Å². The van der Waals surface area contributed by atoms with E-state index >= 15 is 0 Å². The van der Waals surface area contributed by atoms with Gasteiger partial charge in [0, 0.05) is 17.6 Å². The van der Waals surface area contributed by atoms with Crippen LogP contribution < -0.4 is 0 Å². The normalized spacial score (nSPS) is 8.59. The number of hydrogen-bond donors (Lipinski definition) is 0. The molecule has 0 atom stereocenters. The predicted octanol–water partition coefficient (Wildman–Crippen LogP) is 5.15. The molecule has 1 aromatic carbocycles. The largest absolute Gasteiger partial charge is 0.321 e. The van der Waals surface area contributed by atoms with Crippen LogP contribution in [0.1, 0.15) is 39.0 Å². The number of para-hydroxylation sites is 1. The Morgan fingerprint density at radius 1 is 0.765 bits per heavy atom. The second-order valence-electron chi connectivity index (χ2n) is 3.31. The van der Waals surface area contributed by atoms with E-state index in [0.29, 0.717) is 0 Å². The lowest BCUT2D eigenvalue weighted by Gasteiger charge is -2.08. The number of aryl methyl sites for hydroxylation is 2. The van der Waals surface area contributed by atoms with Crippen LogP contribution in [0.15, 0.2) is 42.6 Å². The maximum Gasteiger partial charge on any atom is 0.0481 e. The van der Waals surface area contributed by atoms with Gasteiger partial charge in [-0.3, -0.25) is 0 Å². The van der Waals surface area contributed by atoms with E-state index in [1.165, 1.54) is 16.9 Å². The SMILES string of the molecule is CC.CC.Cc1ccccc1-n1cccc1C. The first-order chi connectivity index (χ1) is 8.29. The molecule has 1 heteroatoms. The number of benzene rings is 1. The van der Waals surface area contributed by atoms with Crippen molar-refractivity contribution in [1.82, 2.24) is 4.57 Å². The van der Waals surface area contributed by atoms with Crippen molar-refractivity contribution in [3.05, 3.63) is 53.9 Å². The lowest BCUT2D eigenvalue weighted by atomic mass is 10.2. The van der Waals surface area contributed by atoms with Gasteiger partial charge in [-0.1, -0.05) is 45.9 Å². The van der Waals surface area contributed by atoms with Crippen LogP contribution in [0.3, 0.4) is 0 Å². The van der Waals surface area contributed by atoms with E-state index in [1.54, 1.807) is 0 Å². The third-order valence-corrected chi connectivity index (χ3v) is 2.33. The van der Waals surface area contributed by atoms with E-state index in [1.807, 2.05) is 27.7 Å². The highest BCUT2D eigenvalue weighted by molar-refractivity contribution is 5.41. The summed E-state index contributed by atoms with van der Waals surface area (Å²) in [5.41, 5.74) is 3.85. The van der Waals surface area contributed by atoms with Gasteiger partial charge in [0.15, 0.2) is 0 Å². The maximum atomic E-state index is 2.20. The minimum absolute atomic E-state index is 1.27. The Hall–Kier alpha value is -1.50. The van der Waals surface area contributed by atoms with E-state index in [0.717, 1.165) is 0 Å². The van der Waals surface area contributed by atoms with Crippen LogP contribution in [0.4, 0.5) is 0 Å². The van der Waals surface area contributed by atoms with Gasteiger partial charge in [0.25, 0.3) is 0 Å². The molecule has 0 unspecified atom stereocenters. The summed E-state index contributed by atoms with van der Waals surface area (Å²) in [6, 6.07) is 12.6. The second kappa shape index (κ2) is 8.63. The minimum atomic E-state index is 1.27. The standard InChI is InChI=1S/C12H13N.2C2H6/c1-10-6-3-4-8-12(10)13-9-5-7-11(13)2;2*1-2/h3-9H,1-2H3;2*1-2H3. The number of nitrogens with zero attached hydrogens (tertiary/aromatic N) is 1. The average molecular weight is 231 g/mol. The van der Waals surface area contributed by atoms with Gasteiger partial charge in [-0.05, 0) is 37.6 Å². The molecule has 94 valence electrons. The van der Waals surface area contributed by atoms with Gasteiger partial charge >= 0.3 is 0 Å². The lowest BCUT2D eigenvalue weighted by Crippen LogP contribution is -1.96. The molecule has 0 aliphatic rings. The molecule has 0 aliphatic heterocycles. The molecule has 17 heavy (non-hydrogen) atoms. The van der Waals surface area contributed by atoms with Crippen molar-refractivity contribution >= 4 is 0 Å². The zero-order chi connectivity index (χ0) is 13.3. The fraction of sp³-hybridized carbons (Fsp3) is 0.375. The van der Waals surface area contributed by atoms with Crippen LogP contribution in [0.5, 0.6) is 0 Å². The predicted molar refractivity (Wildman–Crippen MR) is 77.9 cm³/mol. The minimum Gasteiger partial charge on any atom is -0.321 e. The summed E-state index contributed by atoms with van der Waals surface area (Å²) in [5, 5.41) is 0. The highest BCUT2D eigenvalue weighted by Crippen LogP contribution is 2.15. The Balaban J connectivity index is 0.000000581. The van der Waals surface area contributed by atoms with Gasteiger partial charge < -0.3 is 4.57 Å². The van der Waals surface area contributed by atoms with Crippen LogP contribution in [0.25, 0.3) is 5.69 Å². The Morgan fingerprint density at radius 2 is 1.35 bits per heavy atom. The third kappa shape index (κ3) is 4.10. The third-order valence-electron chi connectivity index (χ3n) is 2.33. The molecule has 0 radical (unpaired) electrons. The zero-order valence-corrected chi connectivity index (χ0v) is 12.0.